The van der Waals surface area contributed by atoms with Crippen LogP contribution in [-0.2, 0) is 23.7 Å². The van der Waals surface area contributed by atoms with Crippen LogP contribution in [0.3, 0.4) is 0 Å². The zero-order valence-electron chi connectivity index (χ0n) is 14.7. The molecule has 1 unspecified atom stereocenters. The molecule has 0 aromatic heterocycles. The summed E-state index contributed by atoms with van der Waals surface area (Å²) in [5.74, 6) is 0. The van der Waals surface area contributed by atoms with E-state index in [9.17, 15) is 17.4 Å². The van der Waals surface area contributed by atoms with Crippen molar-refractivity contribution < 1.29 is 17.4 Å². The van der Waals surface area contributed by atoms with Crippen molar-refractivity contribution in [3.05, 3.63) is 29.3 Å². The quantitative estimate of drug-likeness (QED) is 0.820. The van der Waals surface area contributed by atoms with Gasteiger partial charge in [0, 0.05) is 43.7 Å². The first-order valence-corrected chi connectivity index (χ1v) is 9.85. The average molecular weight is 377 g/mol. The molecule has 0 spiro atoms. The number of nitrogen functional groups attached to an aromatic ring is 1. The fraction of sp³-hybridized carbons (Fsp3) is 0.647. The van der Waals surface area contributed by atoms with Crippen LogP contribution in [0.1, 0.15) is 37.8 Å². The summed E-state index contributed by atoms with van der Waals surface area (Å²) in [7, 11) is -0.920. The van der Waals surface area contributed by atoms with Gasteiger partial charge < -0.3 is 5.73 Å². The van der Waals surface area contributed by atoms with E-state index in [1.807, 2.05) is 23.1 Å². The molecule has 0 amide bonds. The Bertz CT molecular complexity index is 597. The second-order valence-electron chi connectivity index (χ2n) is 6.10. The minimum Gasteiger partial charge on any atom is -0.399 e. The van der Waals surface area contributed by atoms with E-state index in [4.69, 9.17) is 5.73 Å². The third kappa shape index (κ3) is 5.43. The molecule has 2 N–H and O–H groups in total. The van der Waals surface area contributed by atoms with Crippen LogP contribution in [0.5, 0.6) is 0 Å². The molecular formula is C17H26F3N3OS. The van der Waals surface area contributed by atoms with Gasteiger partial charge >= 0.3 is 6.18 Å². The zero-order valence-corrected chi connectivity index (χ0v) is 15.5. The van der Waals surface area contributed by atoms with Crippen molar-refractivity contribution in [2.24, 2.45) is 0 Å². The Morgan fingerprint density at radius 2 is 1.76 bits per heavy atom. The van der Waals surface area contributed by atoms with Crippen LogP contribution in [0.25, 0.3) is 0 Å². The molecule has 1 aliphatic carbocycles. The monoisotopic (exact) mass is 377 g/mol. The van der Waals surface area contributed by atoms with Crippen LogP contribution in [-0.4, -0.2) is 44.8 Å². The average Bonchev–Trinajstić information content (AvgIpc) is 3.42. The Morgan fingerprint density at radius 3 is 2.28 bits per heavy atom. The van der Waals surface area contributed by atoms with Crippen molar-refractivity contribution >= 4 is 16.7 Å². The highest BCUT2D eigenvalue weighted by Gasteiger charge is 2.36. The normalized spacial score (nSPS) is 20.7. The fourth-order valence-electron chi connectivity index (χ4n) is 2.78. The van der Waals surface area contributed by atoms with Gasteiger partial charge in [-0.3, -0.25) is 4.90 Å². The van der Waals surface area contributed by atoms with Crippen molar-refractivity contribution in [1.82, 2.24) is 9.21 Å². The number of hydrogen-bond acceptors (Lipinski definition) is 3. The molecule has 3 rings (SSSR count). The van der Waals surface area contributed by atoms with Crippen LogP contribution >= 0.6 is 0 Å². The smallest absolute Gasteiger partial charge is 0.399 e. The molecule has 1 aliphatic heterocycles. The predicted octanol–water partition coefficient (Wildman–Crippen LogP) is 3.26. The summed E-state index contributed by atoms with van der Waals surface area (Å²) in [6.07, 6.45) is -2.36. The summed E-state index contributed by atoms with van der Waals surface area (Å²) in [5, 5.41) is 0.301. The molecule has 0 radical (unpaired) electrons. The van der Waals surface area contributed by atoms with Gasteiger partial charge in [0.2, 0.25) is 0 Å². The number of benzene rings is 1. The topological polar surface area (TPSA) is 49.6 Å². The van der Waals surface area contributed by atoms with Gasteiger partial charge in [-0.15, -0.1) is 0 Å². The number of piperazine rings is 1. The Morgan fingerprint density at radius 1 is 1.16 bits per heavy atom. The highest BCUT2D eigenvalue weighted by atomic mass is 32.2. The predicted molar refractivity (Wildman–Crippen MR) is 95.2 cm³/mol. The molecule has 1 atom stereocenters. The van der Waals surface area contributed by atoms with E-state index in [1.165, 1.54) is 12.1 Å². The lowest BCUT2D eigenvalue weighted by molar-refractivity contribution is -0.138. The van der Waals surface area contributed by atoms with E-state index in [0.29, 0.717) is 31.4 Å². The van der Waals surface area contributed by atoms with Gasteiger partial charge in [-0.25, -0.2) is 8.51 Å². The molecule has 8 heteroatoms. The van der Waals surface area contributed by atoms with E-state index < -0.39 is 22.7 Å². The number of nitrogens with zero attached hydrogens (tertiary/aromatic N) is 2. The molecule has 1 heterocycles. The number of hydrogen-bond donors (Lipinski definition) is 1. The first kappa shape index (κ1) is 20.2. The molecule has 2 aliphatic rings. The molecule has 1 aromatic carbocycles. The van der Waals surface area contributed by atoms with Gasteiger partial charge in [-0.2, -0.15) is 13.2 Å². The van der Waals surface area contributed by atoms with E-state index in [2.05, 4.69) is 0 Å². The van der Waals surface area contributed by atoms with E-state index >= 15 is 0 Å². The first-order valence-electron chi connectivity index (χ1n) is 8.68. The number of halogens is 3. The maximum atomic E-state index is 13.1. The van der Waals surface area contributed by atoms with Gasteiger partial charge in [0.15, 0.2) is 0 Å². The lowest BCUT2D eigenvalue weighted by Gasteiger charge is -2.34. The molecule has 1 saturated carbocycles. The molecule has 142 valence electrons. The van der Waals surface area contributed by atoms with Gasteiger partial charge in [0.1, 0.15) is 0 Å². The first-order chi connectivity index (χ1) is 11.8. The van der Waals surface area contributed by atoms with Crippen LogP contribution in [0.15, 0.2) is 18.2 Å². The maximum Gasteiger partial charge on any atom is 0.416 e. The third-order valence-corrected chi connectivity index (χ3v) is 6.14. The maximum absolute atomic E-state index is 13.1. The molecular weight excluding hydrogens is 351 g/mol. The van der Waals surface area contributed by atoms with Gasteiger partial charge in [-0.05, 0) is 30.5 Å². The van der Waals surface area contributed by atoms with Crippen LogP contribution in [0.2, 0.25) is 0 Å². The molecule has 0 bridgehead atoms. The Labute approximate surface area is 149 Å². The van der Waals surface area contributed by atoms with Crippen LogP contribution in [0.4, 0.5) is 18.9 Å². The van der Waals surface area contributed by atoms with E-state index in [1.54, 1.807) is 0 Å². The summed E-state index contributed by atoms with van der Waals surface area (Å²) < 4.78 is 53.4. The van der Waals surface area contributed by atoms with Crippen molar-refractivity contribution in [1.29, 1.82) is 0 Å². The Hall–Kier alpha value is -1.12. The SMILES string of the molecule is CC.Nc1ccc(CN2CCN(S(=O)C3CC3)CC2)c(C(F)(F)F)c1. The summed E-state index contributed by atoms with van der Waals surface area (Å²) in [6, 6.07) is 3.95. The Balaban J connectivity index is 0.00000109. The van der Waals surface area contributed by atoms with Crippen molar-refractivity contribution in [3.8, 4) is 0 Å². The lowest BCUT2D eigenvalue weighted by Crippen LogP contribution is -2.47. The minimum absolute atomic E-state index is 0.116. The van der Waals surface area contributed by atoms with Crippen molar-refractivity contribution in [2.75, 3.05) is 31.9 Å². The number of nitrogens with two attached hydrogens (primary N) is 1. The summed E-state index contributed by atoms with van der Waals surface area (Å²) >= 11 is 0. The third-order valence-electron chi connectivity index (χ3n) is 4.23. The van der Waals surface area contributed by atoms with Crippen molar-refractivity contribution in [2.45, 2.75) is 44.7 Å². The lowest BCUT2D eigenvalue weighted by atomic mass is 10.1. The summed E-state index contributed by atoms with van der Waals surface area (Å²) in [6.45, 7) is 6.76. The second kappa shape index (κ2) is 8.51. The zero-order chi connectivity index (χ0) is 18.6. The van der Waals surface area contributed by atoms with Gasteiger partial charge in [0.25, 0.3) is 0 Å². The highest BCUT2D eigenvalue weighted by Crippen LogP contribution is 2.34. The van der Waals surface area contributed by atoms with Crippen molar-refractivity contribution in [3.63, 3.8) is 0 Å². The highest BCUT2D eigenvalue weighted by molar-refractivity contribution is 7.83. The summed E-state index contributed by atoms with van der Waals surface area (Å²) in [5.41, 5.74) is 5.18. The van der Waals surface area contributed by atoms with Crippen LogP contribution < -0.4 is 5.73 Å². The van der Waals surface area contributed by atoms with Gasteiger partial charge in [0.05, 0.1) is 16.5 Å². The van der Waals surface area contributed by atoms with E-state index in [-0.39, 0.29) is 17.8 Å². The molecule has 1 aromatic rings. The number of anilines is 1. The minimum atomic E-state index is -4.40. The second-order valence-corrected chi connectivity index (χ2v) is 7.83. The van der Waals surface area contributed by atoms with Crippen LogP contribution in [0, 0.1) is 0 Å². The fourth-order valence-corrected chi connectivity index (χ4v) is 4.27. The largest absolute Gasteiger partial charge is 0.416 e. The molecule has 4 nitrogen and oxygen atoms in total. The Kier molecular flexibility index (Phi) is 6.87. The molecule has 25 heavy (non-hydrogen) atoms. The standard InChI is InChI=1S/C15H20F3N3OS.C2H6/c16-15(17,18)14-9-12(19)2-1-11(14)10-20-5-7-21(8-6-20)23(22)13-3-4-13;1-2/h1-2,9,13H,3-8,10,19H2;1-2H3. The summed E-state index contributed by atoms with van der Waals surface area (Å²) in [4.78, 5) is 1.97. The number of alkyl halides is 3. The van der Waals surface area contributed by atoms with E-state index in [0.717, 1.165) is 18.9 Å². The molecule has 1 saturated heterocycles. The molecule has 2 fully saturated rings. The van der Waals surface area contributed by atoms with Gasteiger partial charge in [-0.1, -0.05) is 19.9 Å². The number of rotatable bonds is 4.